The van der Waals surface area contributed by atoms with Gasteiger partial charge in [-0.3, -0.25) is 0 Å². The lowest BCUT2D eigenvalue weighted by Gasteiger charge is -2.35. The van der Waals surface area contributed by atoms with Crippen LogP contribution in [0.1, 0.15) is 78.4 Å². The highest BCUT2D eigenvalue weighted by atomic mass is 79.9. The number of halogens is 4. The predicted octanol–water partition coefficient (Wildman–Crippen LogP) is 11.3. The Morgan fingerprint density at radius 1 is 0.488 bits per heavy atom. The number of hydrogen-bond donors (Lipinski definition) is 0. The van der Waals surface area contributed by atoms with Crippen molar-refractivity contribution in [1.29, 1.82) is 0 Å². The normalized spacial score (nSPS) is 11.2. The van der Waals surface area contributed by atoms with Gasteiger partial charge in [0, 0.05) is 16.5 Å². The summed E-state index contributed by atoms with van der Waals surface area (Å²) in [5, 5.41) is 0. The molecule has 0 radical (unpaired) electrons. The molecule has 0 saturated carbocycles. The van der Waals surface area contributed by atoms with Crippen LogP contribution >= 0.6 is 63.7 Å². The van der Waals surface area contributed by atoms with Gasteiger partial charge in [-0.1, -0.05) is 66.9 Å². The summed E-state index contributed by atoms with van der Waals surface area (Å²) in [7, 11) is 0. The maximum atomic E-state index is 6.51. The van der Waals surface area contributed by atoms with Crippen molar-refractivity contribution in [3.8, 4) is 34.5 Å². The van der Waals surface area contributed by atoms with Crippen LogP contribution < -0.4 is 28.4 Å². The molecule has 2 aromatic rings. The quantitative estimate of drug-likeness (QED) is 0.124. The minimum atomic E-state index is -0.789. The molecule has 2 aromatic carbocycles. The Kier molecular flexibility index (Phi) is 16.3. The van der Waals surface area contributed by atoms with E-state index < -0.39 is 5.41 Å². The second-order valence-corrected chi connectivity index (χ2v) is 13.4. The van der Waals surface area contributed by atoms with Crippen molar-refractivity contribution in [2.75, 3.05) is 39.6 Å². The topological polar surface area (TPSA) is 55.4 Å². The van der Waals surface area contributed by atoms with E-state index in [0.29, 0.717) is 92.0 Å². The Balaban J connectivity index is 3.16. The molecule has 2 rings (SSSR count). The van der Waals surface area contributed by atoms with Crippen LogP contribution in [0, 0.1) is 0 Å². The predicted molar refractivity (Wildman–Crippen MR) is 190 cm³/mol. The average Bonchev–Trinajstić information content (AvgIpc) is 2.98. The lowest BCUT2D eigenvalue weighted by Crippen LogP contribution is -2.26. The summed E-state index contributed by atoms with van der Waals surface area (Å²) in [5.74, 6) is 3.67. The van der Waals surface area contributed by atoms with E-state index in [9.17, 15) is 0 Å². The Morgan fingerprint density at radius 3 is 0.953 bits per heavy atom. The molecule has 0 fully saturated rings. The Bertz CT molecular complexity index is 1080. The fourth-order valence-corrected chi connectivity index (χ4v) is 7.44. The van der Waals surface area contributed by atoms with Gasteiger partial charge in [0.05, 0.1) is 26.4 Å². The second kappa shape index (κ2) is 18.6. The molecule has 43 heavy (non-hydrogen) atoms. The third-order valence-electron chi connectivity index (χ3n) is 6.25. The summed E-state index contributed by atoms with van der Waals surface area (Å²) in [4.78, 5) is 0. The monoisotopic (exact) mass is 852 g/mol. The lowest BCUT2D eigenvalue weighted by atomic mass is 9.75. The fourth-order valence-electron chi connectivity index (χ4n) is 4.41. The van der Waals surface area contributed by atoms with E-state index in [2.05, 4.69) is 118 Å². The van der Waals surface area contributed by atoms with Gasteiger partial charge in [-0.15, -0.1) is 0 Å². The molecule has 0 atom stereocenters. The number of rotatable bonds is 20. The van der Waals surface area contributed by atoms with Crippen LogP contribution in [0.4, 0.5) is 0 Å². The van der Waals surface area contributed by atoms with Crippen LogP contribution in [0.2, 0.25) is 0 Å². The first-order chi connectivity index (χ1) is 20.6. The molecule has 10 heteroatoms. The van der Waals surface area contributed by atoms with Crippen LogP contribution in [-0.4, -0.2) is 39.6 Å². The summed E-state index contributed by atoms with van der Waals surface area (Å²) in [6.45, 7) is 22.8. The van der Waals surface area contributed by atoms with Gasteiger partial charge in [-0.05, 0) is 89.4 Å². The zero-order valence-electron chi connectivity index (χ0n) is 26.1. The molecule has 0 aliphatic heterocycles. The molecule has 240 valence electrons. The highest BCUT2D eigenvalue weighted by Gasteiger charge is 2.42. The van der Waals surface area contributed by atoms with Crippen LogP contribution in [0.25, 0.3) is 0 Å². The number of benzene rings is 2. The largest absolute Gasteiger partial charge is 0.492 e. The van der Waals surface area contributed by atoms with Gasteiger partial charge in [0.15, 0.2) is 11.5 Å². The van der Waals surface area contributed by atoms with E-state index >= 15 is 0 Å². The van der Waals surface area contributed by atoms with Crippen LogP contribution in [-0.2, 0) is 5.41 Å². The molecule has 0 spiro atoms. The van der Waals surface area contributed by atoms with Gasteiger partial charge < -0.3 is 28.4 Å². The van der Waals surface area contributed by atoms with Gasteiger partial charge in [0.25, 0.3) is 0 Å². The average molecular weight is 856 g/mol. The van der Waals surface area contributed by atoms with E-state index in [-0.39, 0.29) is 0 Å². The molecular formula is C33H44Br4O6. The highest BCUT2D eigenvalue weighted by molar-refractivity contribution is 9.11. The van der Waals surface area contributed by atoms with Crippen LogP contribution in [0.15, 0.2) is 43.2 Å². The molecule has 0 N–H and O–H groups in total. The van der Waals surface area contributed by atoms with Crippen LogP contribution in [0.5, 0.6) is 34.5 Å². The van der Waals surface area contributed by atoms with Crippen molar-refractivity contribution < 1.29 is 28.4 Å². The summed E-state index contributed by atoms with van der Waals surface area (Å²) in [5.41, 5.74) is 0.850. The number of hydrogen-bond acceptors (Lipinski definition) is 6. The van der Waals surface area contributed by atoms with E-state index in [1.807, 2.05) is 0 Å². The highest BCUT2D eigenvalue weighted by Crippen LogP contribution is 2.60. The SMILES string of the molecule is C=CCOc1c(Br)c(OCCC)c(C(C)(C)c2c(OCCC)c(Br)c(OCC=C)c(Br)c2OCCC)c(OCCC)c1Br. The minimum absolute atomic E-state index is 0.316. The Hall–Kier alpha value is -1.36. The van der Waals surface area contributed by atoms with Gasteiger partial charge in [0.2, 0.25) is 0 Å². The first-order valence-corrected chi connectivity index (χ1v) is 17.8. The van der Waals surface area contributed by atoms with Gasteiger partial charge >= 0.3 is 0 Å². The molecule has 0 aromatic heterocycles. The summed E-state index contributed by atoms with van der Waals surface area (Å²) in [6.07, 6.45) is 6.68. The molecular weight excluding hydrogens is 812 g/mol. The molecule has 0 heterocycles. The van der Waals surface area contributed by atoms with Crippen molar-refractivity contribution in [2.24, 2.45) is 0 Å². The van der Waals surface area contributed by atoms with Gasteiger partial charge in [-0.25, -0.2) is 0 Å². The molecule has 6 nitrogen and oxygen atoms in total. The third-order valence-corrected chi connectivity index (χ3v) is 9.13. The summed E-state index contributed by atoms with van der Waals surface area (Å²) in [6, 6.07) is 0. The van der Waals surface area contributed by atoms with Crippen molar-refractivity contribution in [1.82, 2.24) is 0 Å². The van der Waals surface area contributed by atoms with Crippen LogP contribution in [0.3, 0.4) is 0 Å². The molecule has 0 saturated heterocycles. The summed E-state index contributed by atoms with van der Waals surface area (Å²) < 4.78 is 41.0. The van der Waals surface area contributed by atoms with E-state index in [1.54, 1.807) is 12.2 Å². The maximum Gasteiger partial charge on any atom is 0.155 e. The van der Waals surface area contributed by atoms with Crippen molar-refractivity contribution >= 4 is 63.7 Å². The standard InChI is InChI=1S/C33H44Br4O6/c1-9-15-38-27-21(28(39-16-10-2)24(35)31(23(27)34)42-19-13-5)33(7,8)22-29(40-17-11-3)25(36)32(43-20-14-6)26(37)30(22)41-18-12-4/h13-14H,5-6,9-12,15-20H2,1-4,7-8H3. The molecule has 0 aliphatic carbocycles. The smallest absolute Gasteiger partial charge is 0.155 e. The van der Waals surface area contributed by atoms with Gasteiger partial charge in [0.1, 0.15) is 54.1 Å². The van der Waals surface area contributed by atoms with E-state index in [1.165, 1.54) is 0 Å². The molecule has 0 unspecified atom stereocenters. The van der Waals surface area contributed by atoms with Gasteiger partial charge in [-0.2, -0.15) is 0 Å². The van der Waals surface area contributed by atoms with Crippen molar-refractivity contribution in [2.45, 2.75) is 72.6 Å². The van der Waals surface area contributed by atoms with Crippen molar-refractivity contribution in [3.63, 3.8) is 0 Å². The lowest BCUT2D eigenvalue weighted by molar-refractivity contribution is 0.266. The third kappa shape index (κ3) is 8.88. The van der Waals surface area contributed by atoms with Crippen molar-refractivity contribution in [3.05, 3.63) is 54.3 Å². The molecule has 0 aliphatic rings. The summed E-state index contributed by atoms with van der Waals surface area (Å²) >= 11 is 15.3. The van der Waals surface area contributed by atoms with E-state index in [0.717, 1.165) is 36.8 Å². The minimum Gasteiger partial charge on any atom is -0.492 e. The van der Waals surface area contributed by atoms with E-state index in [4.69, 9.17) is 28.4 Å². The molecule has 0 amide bonds. The zero-order valence-corrected chi connectivity index (χ0v) is 32.4. The molecule has 0 bridgehead atoms. The first kappa shape index (κ1) is 37.8. The Labute approximate surface area is 291 Å². The Morgan fingerprint density at radius 2 is 0.744 bits per heavy atom. The number of ether oxygens (including phenoxy) is 6. The zero-order chi connectivity index (χ0) is 32.2. The maximum absolute atomic E-state index is 6.51. The fraction of sp³-hybridized carbons (Fsp3) is 0.515. The second-order valence-electron chi connectivity index (χ2n) is 10.2. The first-order valence-electron chi connectivity index (χ1n) is 14.7.